The third-order valence-corrected chi connectivity index (χ3v) is 8.71. The van der Waals surface area contributed by atoms with Crippen molar-refractivity contribution >= 4 is 54.3 Å². The summed E-state index contributed by atoms with van der Waals surface area (Å²) in [6, 6.07) is 51.5. The molecule has 200 valence electrons. The van der Waals surface area contributed by atoms with Crippen LogP contribution >= 0.6 is 0 Å². The monoisotopic (exact) mass is 547 g/mol. The molecule has 9 aromatic rings. The summed E-state index contributed by atoms with van der Waals surface area (Å²) in [5.41, 5.74) is 8.59. The Balaban J connectivity index is 1.27. The number of rotatable bonds is 3. The highest BCUT2D eigenvalue weighted by Gasteiger charge is 2.18. The first-order valence-electron chi connectivity index (χ1n) is 14.6. The van der Waals surface area contributed by atoms with Gasteiger partial charge in [-0.1, -0.05) is 127 Å². The van der Waals surface area contributed by atoms with E-state index in [4.69, 9.17) is 9.40 Å². The van der Waals surface area contributed by atoms with Crippen LogP contribution in [-0.4, -0.2) is 4.98 Å². The SMILES string of the molecule is c1ccc(-c2c3ccccc3c(-c3ccc(-c4cccc5oc6ccc7ccccc7c6c45)nc3)c3ccccc23)cc1. The normalized spacial score (nSPS) is 11.7. The van der Waals surface area contributed by atoms with E-state index in [1.165, 1.54) is 49.0 Å². The number of nitrogens with zero attached hydrogens (tertiary/aromatic N) is 1. The molecule has 0 aliphatic carbocycles. The van der Waals surface area contributed by atoms with Gasteiger partial charge >= 0.3 is 0 Å². The molecule has 0 saturated carbocycles. The van der Waals surface area contributed by atoms with Crippen LogP contribution in [0.1, 0.15) is 0 Å². The first kappa shape index (κ1) is 23.9. The zero-order valence-electron chi connectivity index (χ0n) is 23.3. The van der Waals surface area contributed by atoms with Crippen molar-refractivity contribution in [1.82, 2.24) is 4.98 Å². The van der Waals surface area contributed by atoms with Crippen LogP contribution in [0.15, 0.2) is 156 Å². The van der Waals surface area contributed by atoms with Crippen LogP contribution in [0.2, 0.25) is 0 Å². The molecule has 7 aromatic carbocycles. The standard InChI is InChI=1S/C41H25NO/c1-2-12-27(13-3-1)38-30-15-6-8-17-32(30)39(33-18-9-7-16-31(33)38)28-21-23-35(42-25-28)34-19-10-20-36-41(34)40-29-14-5-4-11-26(29)22-24-37(40)43-36/h1-25H. The molecule has 0 atom stereocenters. The van der Waals surface area contributed by atoms with Crippen molar-refractivity contribution in [1.29, 1.82) is 0 Å². The smallest absolute Gasteiger partial charge is 0.136 e. The van der Waals surface area contributed by atoms with Crippen LogP contribution < -0.4 is 0 Å². The van der Waals surface area contributed by atoms with Crippen molar-refractivity contribution in [3.63, 3.8) is 0 Å². The van der Waals surface area contributed by atoms with Gasteiger partial charge in [0.25, 0.3) is 0 Å². The Kier molecular flexibility index (Phi) is 5.23. The second-order valence-electron chi connectivity index (χ2n) is 11.1. The second-order valence-corrected chi connectivity index (χ2v) is 11.1. The molecule has 0 amide bonds. The molecule has 0 aliphatic rings. The number of hydrogen-bond donors (Lipinski definition) is 0. The van der Waals surface area contributed by atoms with Crippen molar-refractivity contribution in [3.8, 4) is 33.5 Å². The minimum absolute atomic E-state index is 0.878. The number of pyridine rings is 1. The van der Waals surface area contributed by atoms with Gasteiger partial charge in [0.2, 0.25) is 0 Å². The van der Waals surface area contributed by atoms with Crippen LogP contribution in [0, 0.1) is 0 Å². The summed E-state index contributed by atoms with van der Waals surface area (Å²) in [5, 5.41) is 9.59. The molecular weight excluding hydrogens is 522 g/mol. The molecule has 2 heteroatoms. The van der Waals surface area contributed by atoms with Gasteiger partial charge in [-0.15, -0.1) is 0 Å². The van der Waals surface area contributed by atoms with Gasteiger partial charge in [-0.2, -0.15) is 0 Å². The van der Waals surface area contributed by atoms with E-state index in [1.54, 1.807) is 0 Å². The van der Waals surface area contributed by atoms with E-state index in [0.717, 1.165) is 38.8 Å². The summed E-state index contributed by atoms with van der Waals surface area (Å²) in [4.78, 5) is 5.09. The summed E-state index contributed by atoms with van der Waals surface area (Å²) >= 11 is 0. The molecular formula is C41H25NO. The molecule has 2 heterocycles. The maximum atomic E-state index is 6.33. The summed E-state index contributed by atoms with van der Waals surface area (Å²) in [5.74, 6) is 0. The van der Waals surface area contributed by atoms with Crippen molar-refractivity contribution in [3.05, 3.63) is 152 Å². The van der Waals surface area contributed by atoms with Gasteiger partial charge in [0.15, 0.2) is 0 Å². The topological polar surface area (TPSA) is 26.0 Å². The molecule has 9 rings (SSSR count). The van der Waals surface area contributed by atoms with Crippen molar-refractivity contribution < 1.29 is 4.42 Å². The Hall–Kier alpha value is -5.73. The summed E-state index contributed by atoms with van der Waals surface area (Å²) < 4.78 is 6.33. The van der Waals surface area contributed by atoms with E-state index >= 15 is 0 Å². The first-order valence-corrected chi connectivity index (χ1v) is 14.6. The average Bonchev–Trinajstić information content (AvgIpc) is 3.47. The molecule has 0 bridgehead atoms. The lowest BCUT2D eigenvalue weighted by Crippen LogP contribution is -1.92. The number of aromatic nitrogens is 1. The predicted molar refractivity (Wildman–Crippen MR) is 180 cm³/mol. The largest absolute Gasteiger partial charge is 0.456 e. The quantitative estimate of drug-likeness (QED) is 0.206. The van der Waals surface area contributed by atoms with Crippen molar-refractivity contribution in [2.45, 2.75) is 0 Å². The lowest BCUT2D eigenvalue weighted by atomic mass is 9.86. The Bertz CT molecular complexity index is 2430. The first-order chi connectivity index (χ1) is 21.3. The van der Waals surface area contributed by atoms with E-state index < -0.39 is 0 Å². The molecule has 2 aromatic heterocycles. The number of fused-ring (bicyclic) bond motifs is 7. The molecule has 0 spiro atoms. The maximum absolute atomic E-state index is 6.33. The van der Waals surface area contributed by atoms with E-state index in [1.807, 2.05) is 6.20 Å². The molecule has 43 heavy (non-hydrogen) atoms. The van der Waals surface area contributed by atoms with Gasteiger partial charge in [0.05, 0.1) is 5.69 Å². The fraction of sp³-hybridized carbons (Fsp3) is 0. The van der Waals surface area contributed by atoms with Crippen molar-refractivity contribution in [2.75, 3.05) is 0 Å². The van der Waals surface area contributed by atoms with E-state index in [-0.39, 0.29) is 0 Å². The van der Waals surface area contributed by atoms with Gasteiger partial charge < -0.3 is 4.42 Å². The third kappa shape index (κ3) is 3.63. The zero-order chi connectivity index (χ0) is 28.3. The molecule has 0 aliphatic heterocycles. The van der Waals surface area contributed by atoms with Gasteiger partial charge in [-0.05, 0) is 67.2 Å². The zero-order valence-corrected chi connectivity index (χ0v) is 23.3. The molecule has 2 nitrogen and oxygen atoms in total. The lowest BCUT2D eigenvalue weighted by Gasteiger charge is -2.17. The van der Waals surface area contributed by atoms with E-state index in [0.29, 0.717) is 0 Å². The Morgan fingerprint density at radius 2 is 1.00 bits per heavy atom. The number of hydrogen-bond acceptors (Lipinski definition) is 2. The predicted octanol–water partition coefficient (Wildman–Crippen LogP) is 11.4. The molecule has 0 radical (unpaired) electrons. The minimum atomic E-state index is 0.878. The minimum Gasteiger partial charge on any atom is -0.456 e. The summed E-state index contributed by atoms with van der Waals surface area (Å²) in [6.45, 7) is 0. The summed E-state index contributed by atoms with van der Waals surface area (Å²) in [7, 11) is 0. The number of furan rings is 1. The highest BCUT2D eigenvalue weighted by molar-refractivity contribution is 6.23. The van der Waals surface area contributed by atoms with Gasteiger partial charge in [0.1, 0.15) is 11.2 Å². The number of benzene rings is 7. The molecule has 0 saturated heterocycles. The van der Waals surface area contributed by atoms with Crippen LogP contribution in [0.5, 0.6) is 0 Å². The Labute approximate surface area is 248 Å². The Morgan fingerprint density at radius 3 is 1.67 bits per heavy atom. The average molecular weight is 548 g/mol. The van der Waals surface area contributed by atoms with Crippen LogP contribution in [0.3, 0.4) is 0 Å². The fourth-order valence-electron chi connectivity index (χ4n) is 6.86. The van der Waals surface area contributed by atoms with Gasteiger partial charge in [-0.25, -0.2) is 0 Å². The van der Waals surface area contributed by atoms with E-state index in [9.17, 15) is 0 Å². The summed E-state index contributed by atoms with van der Waals surface area (Å²) in [6.07, 6.45) is 2.03. The Morgan fingerprint density at radius 1 is 0.395 bits per heavy atom. The lowest BCUT2D eigenvalue weighted by molar-refractivity contribution is 0.669. The highest BCUT2D eigenvalue weighted by Crippen LogP contribution is 2.44. The molecule has 0 N–H and O–H groups in total. The molecule has 0 fully saturated rings. The fourth-order valence-corrected chi connectivity index (χ4v) is 6.86. The van der Waals surface area contributed by atoms with Crippen LogP contribution in [0.25, 0.3) is 87.8 Å². The van der Waals surface area contributed by atoms with Crippen LogP contribution in [0.4, 0.5) is 0 Å². The van der Waals surface area contributed by atoms with E-state index in [2.05, 4.69) is 146 Å². The maximum Gasteiger partial charge on any atom is 0.136 e. The third-order valence-electron chi connectivity index (χ3n) is 8.71. The highest BCUT2D eigenvalue weighted by atomic mass is 16.3. The van der Waals surface area contributed by atoms with Gasteiger partial charge in [-0.3, -0.25) is 4.98 Å². The molecule has 0 unspecified atom stereocenters. The second kappa shape index (κ2) is 9.40. The van der Waals surface area contributed by atoms with Crippen LogP contribution in [-0.2, 0) is 0 Å². The van der Waals surface area contributed by atoms with Crippen molar-refractivity contribution in [2.24, 2.45) is 0 Å². The van der Waals surface area contributed by atoms with Gasteiger partial charge in [0, 0.05) is 28.1 Å².